The van der Waals surface area contributed by atoms with Gasteiger partial charge in [0.1, 0.15) is 0 Å². The average molecular weight is 480 g/mol. The molecule has 4 fully saturated rings. The van der Waals surface area contributed by atoms with Gasteiger partial charge in [0, 0.05) is 53.4 Å². The molecule has 5 heterocycles. The summed E-state index contributed by atoms with van der Waals surface area (Å²) in [5.74, 6) is 1.65. The van der Waals surface area contributed by atoms with E-state index in [0.29, 0.717) is 23.8 Å². The van der Waals surface area contributed by atoms with Crippen LogP contribution in [0.1, 0.15) is 55.2 Å². The first kappa shape index (κ1) is 22.4. The Morgan fingerprint density at radius 1 is 1.00 bits per heavy atom. The zero-order valence-corrected chi connectivity index (χ0v) is 21.4. The molecule has 2 aromatic carbocycles. The molecule has 4 aliphatic rings. The first-order valence-electron chi connectivity index (χ1n) is 14.0. The fourth-order valence-corrected chi connectivity index (χ4v) is 8.04. The Bertz CT molecular complexity index is 1330. The fourth-order valence-electron chi connectivity index (χ4n) is 8.04. The van der Waals surface area contributed by atoms with Crippen LogP contribution in [0.2, 0.25) is 0 Å². The topological polar surface area (TPSA) is 28.5 Å². The second kappa shape index (κ2) is 8.92. The lowest BCUT2D eigenvalue weighted by Gasteiger charge is -2.58. The van der Waals surface area contributed by atoms with Gasteiger partial charge in [-0.3, -0.25) is 9.69 Å². The number of hydrogen-bond donors (Lipinski definition) is 0. The molecule has 36 heavy (non-hydrogen) atoms. The number of nitrogens with zero attached hydrogens (tertiary/aromatic N) is 3. The molecule has 0 unspecified atom stereocenters. The third-order valence-corrected chi connectivity index (χ3v) is 9.50. The first-order chi connectivity index (χ1) is 17.7. The van der Waals surface area contributed by atoms with Gasteiger partial charge in [-0.1, -0.05) is 48.0 Å². The summed E-state index contributed by atoms with van der Waals surface area (Å²) in [6, 6.07) is 18.6. The number of carbonyl (C=O) groups is 1. The van der Waals surface area contributed by atoms with Gasteiger partial charge in [-0.2, -0.15) is 0 Å². The number of aromatic nitrogens is 1. The predicted molar refractivity (Wildman–Crippen MR) is 146 cm³/mol. The molecule has 3 aromatic rings. The van der Waals surface area contributed by atoms with Gasteiger partial charge in [0.25, 0.3) is 0 Å². The van der Waals surface area contributed by atoms with Crippen molar-refractivity contribution in [3.8, 4) is 0 Å². The molecule has 4 aliphatic heterocycles. The predicted octanol–water partition coefficient (Wildman–Crippen LogP) is 5.88. The van der Waals surface area contributed by atoms with Crippen LogP contribution in [0.25, 0.3) is 17.0 Å². The number of aryl methyl sites for hydroxylation is 1. The van der Waals surface area contributed by atoms with Gasteiger partial charge in [0.2, 0.25) is 5.91 Å². The standard InChI is InChI=1S/C32H37N3O/c1-22-7-4-8-23(17-22)19-34-20-26(27-10-2-3-12-29(27)34)18-24-13-14-30-28-11-6-16-33-15-5-9-25(31(28)33)21-35(30)32(24)36/h2-4,7-8,10,12,17-18,20,25,28,30-31H,5-6,9,11,13-16,19,21H2,1H3/b24-18+/t25-,28-,30-,31+/m1/s1. The Balaban J connectivity index is 1.20. The highest BCUT2D eigenvalue weighted by atomic mass is 16.2. The van der Waals surface area contributed by atoms with Gasteiger partial charge in [-0.15, -0.1) is 0 Å². The smallest absolute Gasteiger partial charge is 0.250 e. The van der Waals surface area contributed by atoms with Gasteiger partial charge in [0.05, 0.1) is 0 Å². The molecule has 4 atom stereocenters. The minimum absolute atomic E-state index is 0.308. The molecule has 0 aliphatic carbocycles. The van der Waals surface area contributed by atoms with Crippen LogP contribution in [0, 0.1) is 18.8 Å². The summed E-state index contributed by atoms with van der Waals surface area (Å²) >= 11 is 0. The zero-order chi connectivity index (χ0) is 24.2. The number of hydrogen-bond acceptors (Lipinski definition) is 2. The molecule has 1 aromatic heterocycles. The summed E-state index contributed by atoms with van der Waals surface area (Å²) in [6.45, 7) is 6.50. The summed E-state index contributed by atoms with van der Waals surface area (Å²) in [5.41, 5.74) is 6.01. The van der Waals surface area contributed by atoms with Crippen LogP contribution in [-0.4, -0.2) is 52.0 Å². The van der Waals surface area contributed by atoms with E-state index < -0.39 is 0 Å². The molecule has 4 heteroatoms. The molecule has 7 rings (SSSR count). The summed E-state index contributed by atoms with van der Waals surface area (Å²) in [5, 5.41) is 1.24. The molecule has 186 valence electrons. The highest BCUT2D eigenvalue weighted by Crippen LogP contribution is 2.45. The molecule has 0 radical (unpaired) electrons. The van der Waals surface area contributed by atoms with Crippen LogP contribution in [-0.2, 0) is 11.3 Å². The third-order valence-electron chi connectivity index (χ3n) is 9.50. The quantitative estimate of drug-likeness (QED) is 0.439. The van der Waals surface area contributed by atoms with Crippen LogP contribution in [0.4, 0.5) is 0 Å². The maximum atomic E-state index is 13.9. The van der Waals surface area contributed by atoms with Gasteiger partial charge < -0.3 is 9.47 Å². The minimum Gasteiger partial charge on any atom is -0.342 e. The van der Waals surface area contributed by atoms with Gasteiger partial charge in [0.15, 0.2) is 0 Å². The molecule has 1 amide bonds. The molecular formula is C32H37N3O. The van der Waals surface area contributed by atoms with Crippen molar-refractivity contribution in [2.24, 2.45) is 11.8 Å². The molecule has 0 bridgehead atoms. The second-order valence-electron chi connectivity index (χ2n) is 11.7. The van der Waals surface area contributed by atoms with Crippen molar-refractivity contribution in [2.75, 3.05) is 19.6 Å². The Morgan fingerprint density at radius 2 is 1.86 bits per heavy atom. The van der Waals surface area contributed by atoms with E-state index in [1.165, 1.54) is 66.4 Å². The SMILES string of the molecule is Cc1cccc(Cn2cc(/C=C3\CC[C@@H]4[C@H]5CCCN6CCC[C@H](CN4C3=O)[C@@H]56)c3ccccc32)c1. The highest BCUT2D eigenvalue weighted by molar-refractivity contribution is 6.01. The van der Waals surface area contributed by atoms with E-state index in [1.807, 2.05) is 0 Å². The molecular weight excluding hydrogens is 442 g/mol. The van der Waals surface area contributed by atoms with E-state index in [0.717, 1.165) is 37.5 Å². The Kier molecular flexibility index (Phi) is 5.54. The zero-order valence-electron chi connectivity index (χ0n) is 21.4. The summed E-state index contributed by atoms with van der Waals surface area (Å²) < 4.78 is 2.34. The van der Waals surface area contributed by atoms with Crippen LogP contribution < -0.4 is 0 Å². The van der Waals surface area contributed by atoms with E-state index in [2.05, 4.69) is 82.1 Å². The van der Waals surface area contributed by atoms with Crippen LogP contribution >= 0.6 is 0 Å². The van der Waals surface area contributed by atoms with Crippen molar-refractivity contribution in [3.63, 3.8) is 0 Å². The summed E-state index contributed by atoms with van der Waals surface area (Å²) in [7, 11) is 0. The number of para-hydroxylation sites is 1. The normalized spacial score (nSPS) is 29.4. The number of piperidine rings is 4. The van der Waals surface area contributed by atoms with E-state index in [-0.39, 0.29) is 0 Å². The largest absolute Gasteiger partial charge is 0.342 e. The Hall–Kier alpha value is -2.85. The second-order valence-corrected chi connectivity index (χ2v) is 11.7. The van der Waals surface area contributed by atoms with Crippen LogP contribution in [0.15, 0.2) is 60.3 Å². The molecule has 0 N–H and O–H groups in total. The first-order valence-corrected chi connectivity index (χ1v) is 14.0. The minimum atomic E-state index is 0.308. The van der Waals surface area contributed by atoms with Crippen molar-refractivity contribution in [1.29, 1.82) is 0 Å². The lowest BCUT2D eigenvalue weighted by molar-refractivity contribution is -0.145. The number of rotatable bonds is 3. The highest BCUT2D eigenvalue weighted by Gasteiger charge is 2.51. The lowest BCUT2D eigenvalue weighted by Crippen LogP contribution is -2.66. The molecule has 4 nitrogen and oxygen atoms in total. The lowest BCUT2D eigenvalue weighted by atomic mass is 9.67. The summed E-state index contributed by atoms with van der Waals surface area (Å²) in [6.07, 6.45) is 11.7. The van der Waals surface area contributed by atoms with E-state index in [4.69, 9.17) is 0 Å². The van der Waals surface area contributed by atoms with Gasteiger partial charge >= 0.3 is 0 Å². The fraction of sp³-hybridized carbons (Fsp3) is 0.469. The number of fused-ring (bicyclic) bond motifs is 3. The monoisotopic (exact) mass is 479 g/mol. The maximum absolute atomic E-state index is 13.9. The van der Waals surface area contributed by atoms with Crippen molar-refractivity contribution in [2.45, 2.75) is 64.1 Å². The third kappa shape index (κ3) is 3.73. The average Bonchev–Trinajstić information content (AvgIpc) is 3.23. The van der Waals surface area contributed by atoms with E-state index in [1.54, 1.807) is 0 Å². The number of amides is 1. The van der Waals surface area contributed by atoms with Crippen LogP contribution in [0.5, 0.6) is 0 Å². The summed E-state index contributed by atoms with van der Waals surface area (Å²) in [4.78, 5) is 19.0. The maximum Gasteiger partial charge on any atom is 0.250 e. The van der Waals surface area contributed by atoms with Gasteiger partial charge in [-0.25, -0.2) is 0 Å². The Labute approximate surface area is 214 Å². The molecule has 0 saturated carbocycles. The molecule has 0 spiro atoms. The van der Waals surface area contributed by atoms with Crippen molar-refractivity contribution < 1.29 is 4.79 Å². The van der Waals surface area contributed by atoms with Crippen molar-refractivity contribution in [1.82, 2.24) is 14.4 Å². The molecule has 4 saturated heterocycles. The van der Waals surface area contributed by atoms with Crippen LogP contribution in [0.3, 0.4) is 0 Å². The van der Waals surface area contributed by atoms with Gasteiger partial charge in [-0.05, 0) is 88.1 Å². The number of carbonyl (C=O) groups excluding carboxylic acids is 1. The van der Waals surface area contributed by atoms with Crippen molar-refractivity contribution >= 4 is 22.9 Å². The van der Waals surface area contributed by atoms with E-state index >= 15 is 0 Å². The van der Waals surface area contributed by atoms with E-state index in [9.17, 15) is 4.79 Å². The number of benzene rings is 2. The Morgan fingerprint density at radius 3 is 2.75 bits per heavy atom. The van der Waals surface area contributed by atoms with Crippen molar-refractivity contribution in [3.05, 3.63) is 77.0 Å².